The van der Waals surface area contributed by atoms with E-state index in [1.165, 1.54) is 0 Å². The van der Waals surface area contributed by atoms with E-state index in [1.807, 2.05) is 84.3 Å². The number of nitrogen functional groups attached to an aromatic ring is 1. The van der Waals surface area contributed by atoms with Gasteiger partial charge in [-0.2, -0.15) is 0 Å². The number of halogens is 1. The second-order valence-electron chi connectivity index (χ2n) is 7.28. The van der Waals surface area contributed by atoms with Crippen molar-refractivity contribution in [3.05, 3.63) is 88.7 Å². The third kappa shape index (κ3) is 3.43. The molecule has 0 spiro atoms. The first kappa shape index (κ1) is 19.3. The van der Waals surface area contributed by atoms with Gasteiger partial charge in [-0.05, 0) is 55.0 Å². The van der Waals surface area contributed by atoms with Crippen LogP contribution in [0.15, 0.2) is 77.3 Å². The van der Waals surface area contributed by atoms with Crippen LogP contribution >= 0.6 is 15.9 Å². The molecule has 0 atom stereocenters. The van der Waals surface area contributed by atoms with Crippen LogP contribution in [-0.4, -0.2) is 20.4 Å². The number of anilines is 2. The van der Waals surface area contributed by atoms with Crippen molar-refractivity contribution in [2.24, 2.45) is 0 Å². The Labute approximate surface area is 186 Å². The van der Waals surface area contributed by atoms with Gasteiger partial charge in [0, 0.05) is 21.2 Å². The molecular weight excluding hydrogens is 454 g/mol. The zero-order valence-corrected chi connectivity index (χ0v) is 18.2. The molecule has 5 rings (SSSR count). The summed E-state index contributed by atoms with van der Waals surface area (Å²) in [6, 6.07) is 23.4. The number of nitrogens with zero attached hydrogens (tertiary/aromatic N) is 3. The van der Waals surface area contributed by atoms with E-state index in [-0.39, 0.29) is 11.6 Å². The Morgan fingerprint density at radius 1 is 1.00 bits per heavy atom. The highest BCUT2D eigenvalue weighted by molar-refractivity contribution is 9.10. The minimum atomic E-state index is -0.410. The van der Waals surface area contributed by atoms with Crippen LogP contribution in [0, 0.1) is 6.92 Å². The number of benzene rings is 3. The van der Waals surface area contributed by atoms with Gasteiger partial charge in [0.05, 0.1) is 10.9 Å². The van der Waals surface area contributed by atoms with Crippen LogP contribution in [-0.2, 0) is 0 Å². The van der Waals surface area contributed by atoms with Crippen molar-refractivity contribution >= 4 is 55.3 Å². The lowest BCUT2D eigenvalue weighted by Crippen LogP contribution is -2.17. The van der Waals surface area contributed by atoms with Gasteiger partial charge in [0.25, 0.3) is 5.91 Å². The first-order chi connectivity index (χ1) is 15.0. The van der Waals surface area contributed by atoms with E-state index in [0.29, 0.717) is 11.3 Å². The molecule has 152 valence electrons. The summed E-state index contributed by atoms with van der Waals surface area (Å²) in [6.07, 6.45) is 0. The molecule has 5 aromatic rings. The minimum Gasteiger partial charge on any atom is -0.383 e. The lowest BCUT2D eigenvalue weighted by molar-refractivity contribution is 0.101. The largest absolute Gasteiger partial charge is 0.383 e. The summed E-state index contributed by atoms with van der Waals surface area (Å²) in [5.74, 6) is -0.119. The molecule has 0 saturated heterocycles. The maximum absolute atomic E-state index is 12.9. The molecule has 0 fully saturated rings. The highest BCUT2D eigenvalue weighted by atomic mass is 79.9. The highest BCUT2D eigenvalue weighted by Crippen LogP contribution is 2.34. The Hall–Kier alpha value is -3.71. The van der Waals surface area contributed by atoms with Gasteiger partial charge in [-0.25, -0.2) is 9.97 Å². The molecule has 7 heteroatoms. The summed E-state index contributed by atoms with van der Waals surface area (Å²) in [5.41, 5.74) is 10.5. The van der Waals surface area contributed by atoms with Crippen LogP contribution < -0.4 is 11.1 Å². The van der Waals surface area contributed by atoms with Crippen molar-refractivity contribution in [1.82, 2.24) is 14.5 Å². The Bertz CT molecular complexity index is 1460. The molecule has 0 bridgehead atoms. The van der Waals surface area contributed by atoms with Crippen molar-refractivity contribution in [1.29, 1.82) is 0 Å². The number of carbonyl (C=O) groups excluding carboxylic acids is 1. The predicted molar refractivity (Wildman–Crippen MR) is 128 cm³/mol. The lowest BCUT2D eigenvalue weighted by Gasteiger charge is -2.09. The van der Waals surface area contributed by atoms with Crippen LogP contribution in [0.3, 0.4) is 0 Å². The average molecular weight is 472 g/mol. The standard InChI is InChI=1S/C24H18BrN5O/c1-14-5-4-6-16(13-14)27-24(31)22-28-21(26)20-18-7-2-3-8-19(18)30(23(20)29-22)17-11-9-15(25)10-12-17/h2-13H,1H3,(H,27,31)(H2,26,28,29). The van der Waals surface area contributed by atoms with Crippen molar-refractivity contribution in [2.75, 3.05) is 11.1 Å². The van der Waals surface area contributed by atoms with Gasteiger partial charge in [-0.1, -0.05) is 46.3 Å². The number of aryl methyl sites for hydroxylation is 1. The molecule has 0 aliphatic heterocycles. The average Bonchev–Trinajstić information content (AvgIpc) is 3.09. The summed E-state index contributed by atoms with van der Waals surface area (Å²) in [7, 11) is 0. The second kappa shape index (κ2) is 7.52. The van der Waals surface area contributed by atoms with Crippen LogP contribution in [0.5, 0.6) is 0 Å². The Kier molecular flexibility index (Phi) is 4.67. The lowest BCUT2D eigenvalue weighted by atomic mass is 10.2. The first-order valence-corrected chi connectivity index (χ1v) is 10.5. The van der Waals surface area contributed by atoms with Gasteiger partial charge in [0.2, 0.25) is 5.82 Å². The molecule has 3 N–H and O–H groups in total. The smallest absolute Gasteiger partial charge is 0.293 e. The highest BCUT2D eigenvalue weighted by Gasteiger charge is 2.20. The van der Waals surface area contributed by atoms with Crippen LogP contribution in [0.1, 0.15) is 16.2 Å². The number of para-hydroxylation sites is 1. The molecule has 0 aliphatic rings. The fourth-order valence-electron chi connectivity index (χ4n) is 3.74. The molecule has 0 unspecified atom stereocenters. The molecule has 0 radical (unpaired) electrons. The molecule has 0 saturated carbocycles. The SMILES string of the molecule is Cc1cccc(NC(=O)c2nc(N)c3c4ccccc4n(-c4ccc(Br)cc4)c3n2)c1. The fraction of sp³-hybridized carbons (Fsp3) is 0.0417. The number of hydrogen-bond donors (Lipinski definition) is 2. The molecule has 2 heterocycles. The summed E-state index contributed by atoms with van der Waals surface area (Å²) >= 11 is 3.48. The van der Waals surface area contributed by atoms with Crippen molar-refractivity contribution in [3.63, 3.8) is 0 Å². The number of nitrogens with two attached hydrogens (primary N) is 1. The third-order valence-corrected chi connectivity index (χ3v) is 5.64. The summed E-state index contributed by atoms with van der Waals surface area (Å²) in [4.78, 5) is 21.9. The summed E-state index contributed by atoms with van der Waals surface area (Å²) in [5, 5.41) is 4.52. The summed E-state index contributed by atoms with van der Waals surface area (Å²) in [6.45, 7) is 1.97. The maximum atomic E-state index is 12.9. The van der Waals surface area contributed by atoms with Crippen LogP contribution in [0.4, 0.5) is 11.5 Å². The van der Waals surface area contributed by atoms with Gasteiger partial charge in [-0.3, -0.25) is 9.36 Å². The third-order valence-electron chi connectivity index (χ3n) is 5.11. The second-order valence-corrected chi connectivity index (χ2v) is 8.20. The van der Waals surface area contributed by atoms with Gasteiger partial charge in [0.1, 0.15) is 5.82 Å². The van der Waals surface area contributed by atoms with Crippen molar-refractivity contribution in [2.45, 2.75) is 6.92 Å². The van der Waals surface area contributed by atoms with E-state index in [2.05, 4.69) is 31.2 Å². The van der Waals surface area contributed by atoms with E-state index in [9.17, 15) is 4.79 Å². The number of hydrogen-bond acceptors (Lipinski definition) is 4. The molecule has 3 aromatic carbocycles. The van der Waals surface area contributed by atoms with E-state index in [0.717, 1.165) is 32.0 Å². The Morgan fingerprint density at radius 2 is 1.77 bits per heavy atom. The summed E-state index contributed by atoms with van der Waals surface area (Å²) < 4.78 is 2.97. The number of aromatic nitrogens is 3. The van der Waals surface area contributed by atoms with Crippen molar-refractivity contribution in [3.8, 4) is 5.69 Å². The predicted octanol–water partition coefficient (Wildman–Crippen LogP) is 5.48. The number of fused-ring (bicyclic) bond motifs is 3. The zero-order valence-electron chi connectivity index (χ0n) is 16.6. The zero-order chi connectivity index (χ0) is 21.5. The number of carbonyl (C=O) groups is 1. The number of nitrogens with one attached hydrogen (secondary N) is 1. The Balaban J connectivity index is 1.71. The maximum Gasteiger partial charge on any atom is 0.293 e. The van der Waals surface area contributed by atoms with Gasteiger partial charge < -0.3 is 11.1 Å². The van der Waals surface area contributed by atoms with Crippen molar-refractivity contribution < 1.29 is 4.79 Å². The minimum absolute atomic E-state index is 0.0210. The molecule has 31 heavy (non-hydrogen) atoms. The normalized spacial score (nSPS) is 11.2. The number of rotatable bonds is 3. The van der Waals surface area contributed by atoms with Gasteiger partial charge >= 0.3 is 0 Å². The van der Waals surface area contributed by atoms with E-state index in [4.69, 9.17) is 5.73 Å². The molecule has 1 amide bonds. The van der Waals surface area contributed by atoms with Crippen LogP contribution in [0.25, 0.3) is 27.6 Å². The topological polar surface area (TPSA) is 85.8 Å². The first-order valence-electron chi connectivity index (χ1n) is 9.72. The van der Waals surface area contributed by atoms with Gasteiger partial charge in [0.15, 0.2) is 5.65 Å². The molecule has 6 nitrogen and oxygen atoms in total. The van der Waals surface area contributed by atoms with E-state index in [1.54, 1.807) is 0 Å². The quantitative estimate of drug-likeness (QED) is 0.364. The van der Waals surface area contributed by atoms with E-state index < -0.39 is 5.91 Å². The Morgan fingerprint density at radius 3 is 2.55 bits per heavy atom. The molecule has 2 aromatic heterocycles. The molecular formula is C24H18BrN5O. The van der Waals surface area contributed by atoms with E-state index >= 15 is 0 Å². The molecule has 0 aliphatic carbocycles. The number of amides is 1. The van der Waals surface area contributed by atoms with Crippen LogP contribution in [0.2, 0.25) is 0 Å². The monoisotopic (exact) mass is 471 g/mol. The van der Waals surface area contributed by atoms with Gasteiger partial charge in [-0.15, -0.1) is 0 Å². The fourth-order valence-corrected chi connectivity index (χ4v) is 4.01.